The predicted molar refractivity (Wildman–Crippen MR) is 63.9 cm³/mol. The molecule has 0 amide bonds. The Morgan fingerprint density at radius 2 is 2.25 bits per heavy atom. The maximum absolute atomic E-state index is 11.7. The number of methoxy groups -OCH3 is 1. The number of esters is 1. The molecule has 0 aromatic carbocycles. The molecule has 0 bridgehead atoms. The molecule has 2 nitrogen and oxygen atoms in total. The van der Waals surface area contributed by atoms with Crippen molar-refractivity contribution in [3.63, 3.8) is 0 Å². The summed E-state index contributed by atoms with van der Waals surface area (Å²) in [4.78, 5) is 11.7. The smallest absolute Gasteiger partial charge is 0.334 e. The lowest BCUT2D eigenvalue weighted by Crippen LogP contribution is -2.34. The van der Waals surface area contributed by atoms with Crippen LogP contribution < -0.4 is 0 Å². The first-order valence-corrected chi connectivity index (χ1v) is 6.19. The van der Waals surface area contributed by atoms with E-state index in [0.29, 0.717) is 12.3 Å². The molecule has 0 radical (unpaired) electrons. The fourth-order valence-electron chi connectivity index (χ4n) is 3.14. The van der Waals surface area contributed by atoms with Crippen LogP contribution in [0.1, 0.15) is 38.5 Å². The maximum atomic E-state index is 11.7. The third kappa shape index (κ3) is 1.93. The Labute approximate surface area is 97.4 Å². The summed E-state index contributed by atoms with van der Waals surface area (Å²) in [6.45, 7) is 3.72. The van der Waals surface area contributed by atoms with E-state index in [2.05, 4.69) is 6.58 Å². The molecule has 0 saturated heterocycles. The largest absolute Gasteiger partial charge is 0.466 e. The third-order valence-electron chi connectivity index (χ3n) is 4.01. The standard InChI is InChI=1S/C14H20O2/c1-3-6-12(14(15)16-2)13-9-10-7-4-5-8-11(10)13/h3,10-11H,1,4-9H2,2H3/b13-12+. The summed E-state index contributed by atoms with van der Waals surface area (Å²) < 4.78 is 4.86. The minimum atomic E-state index is -0.154. The Morgan fingerprint density at radius 1 is 1.50 bits per heavy atom. The highest BCUT2D eigenvalue weighted by Crippen LogP contribution is 2.50. The molecule has 0 aliphatic heterocycles. The summed E-state index contributed by atoms with van der Waals surface area (Å²) in [5.74, 6) is 1.36. The first-order valence-electron chi connectivity index (χ1n) is 6.19. The summed E-state index contributed by atoms with van der Waals surface area (Å²) in [7, 11) is 1.46. The maximum Gasteiger partial charge on any atom is 0.334 e. The van der Waals surface area contributed by atoms with Gasteiger partial charge >= 0.3 is 5.97 Å². The van der Waals surface area contributed by atoms with E-state index in [4.69, 9.17) is 4.74 Å². The average Bonchev–Trinajstić information content (AvgIpc) is 2.28. The molecule has 2 fully saturated rings. The van der Waals surface area contributed by atoms with Crippen LogP contribution in [0, 0.1) is 11.8 Å². The van der Waals surface area contributed by atoms with E-state index in [-0.39, 0.29) is 5.97 Å². The lowest BCUT2D eigenvalue weighted by molar-refractivity contribution is -0.136. The van der Waals surface area contributed by atoms with Gasteiger partial charge in [-0.1, -0.05) is 24.5 Å². The fraction of sp³-hybridized carbons (Fsp3) is 0.643. The lowest BCUT2D eigenvalue weighted by atomic mass is 9.61. The Kier molecular flexibility index (Phi) is 3.47. The average molecular weight is 220 g/mol. The molecule has 0 aromatic heterocycles. The molecule has 2 rings (SSSR count). The second-order valence-corrected chi connectivity index (χ2v) is 4.84. The van der Waals surface area contributed by atoms with Crippen LogP contribution >= 0.6 is 0 Å². The zero-order chi connectivity index (χ0) is 11.5. The molecule has 0 N–H and O–H groups in total. The molecule has 2 unspecified atom stereocenters. The predicted octanol–water partition coefficient (Wildman–Crippen LogP) is 3.24. The summed E-state index contributed by atoms with van der Waals surface area (Å²) in [5, 5.41) is 0. The van der Waals surface area contributed by atoms with Crippen molar-refractivity contribution < 1.29 is 9.53 Å². The van der Waals surface area contributed by atoms with Gasteiger partial charge in [-0.2, -0.15) is 0 Å². The van der Waals surface area contributed by atoms with Crippen LogP contribution in [0.15, 0.2) is 23.8 Å². The topological polar surface area (TPSA) is 26.3 Å². The van der Waals surface area contributed by atoms with E-state index in [1.165, 1.54) is 38.4 Å². The highest BCUT2D eigenvalue weighted by molar-refractivity contribution is 5.90. The van der Waals surface area contributed by atoms with E-state index in [0.717, 1.165) is 17.9 Å². The molecule has 2 heteroatoms. The molecule has 2 aliphatic rings. The molecule has 2 atom stereocenters. The van der Waals surface area contributed by atoms with Crippen LogP contribution in [0.4, 0.5) is 0 Å². The molecule has 88 valence electrons. The second-order valence-electron chi connectivity index (χ2n) is 4.84. The van der Waals surface area contributed by atoms with E-state index in [1.54, 1.807) is 6.08 Å². The van der Waals surface area contributed by atoms with Crippen molar-refractivity contribution in [2.24, 2.45) is 11.8 Å². The van der Waals surface area contributed by atoms with Gasteiger partial charge in [-0.25, -0.2) is 4.79 Å². The number of hydrogen-bond acceptors (Lipinski definition) is 2. The zero-order valence-electron chi connectivity index (χ0n) is 10.00. The highest BCUT2D eigenvalue weighted by atomic mass is 16.5. The van der Waals surface area contributed by atoms with E-state index in [9.17, 15) is 4.79 Å². The van der Waals surface area contributed by atoms with Crippen LogP contribution in [0.2, 0.25) is 0 Å². The van der Waals surface area contributed by atoms with Gasteiger partial charge in [0.2, 0.25) is 0 Å². The molecule has 0 heterocycles. The van der Waals surface area contributed by atoms with Crippen molar-refractivity contribution in [3.8, 4) is 0 Å². The quantitative estimate of drug-likeness (QED) is 0.414. The molecular weight excluding hydrogens is 200 g/mol. The minimum Gasteiger partial charge on any atom is -0.466 e. The molecule has 2 aliphatic carbocycles. The van der Waals surface area contributed by atoms with Crippen molar-refractivity contribution in [2.75, 3.05) is 7.11 Å². The van der Waals surface area contributed by atoms with Crippen LogP contribution in [0.25, 0.3) is 0 Å². The van der Waals surface area contributed by atoms with Gasteiger partial charge in [0.15, 0.2) is 0 Å². The lowest BCUT2D eigenvalue weighted by Gasteiger charge is -2.44. The van der Waals surface area contributed by atoms with Crippen molar-refractivity contribution in [2.45, 2.75) is 38.5 Å². The van der Waals surface area contributed by atoms with Crippen LogP contribution in [0.3, 0.4) is 0 Å². The number of fused-ring (bicyclic) bond motifs is 1. The summed E-state index contributed by atoms with van der Waals surface area (Å²) >= 11 is 0. The van der Waals surface area contributed by atoms with Gasteiger partial charge in [0.05, 0.1) is 7.11 Å². The summed E-state index contributed by atoms with van der Waals surface area (Å²) in [5.41, 5.74) is 2.23. The third-order valence-corrected chi connectivity index (χ3v) is 4.01. The van der Waals surface area contributed by atoms with Crippen molar-refractivity contribution in [1.82, 2.24) is 0 Å². The highest BCUT2D eigenvalue weighted by Gasteiger charge is 2.39. The second kappa shape index (κ2) is 4.86. The molecule has 2 saturated carbocycles. The number of carbonyl (C=O) groups excluding carboxylic acids is 1. The van der Waals surface area contributed by atoms with Gasteiger partial charge in [-0.15, -0.1) is 6.58 Å². The number of allylic oxidation sites excluding steroid dienone is 2. The number of ether oxygens (including phenoxy) is 1. The van der Waals surface area contributed by atoms with Gasteiger partial charge in [0.1, 0.15) is 0 Å². The molecule has 0 aromatic rings. The first-order chi connectivity index (χ1) is 7.77. The van der Waals surface area contributed by atoms with Gasteiger partial charge in [0.25, 0.3) is 0 Å². The van der Waals surface area contributed by atoms with Gasteiger partial charge < -0.3 is 4.74 Å². The van der Waals surface area contributed by atoms with Crippen molar-refractivity contribution >= 4 is 5.97 Å². The SMILES string of the molecule is C=CC/C(C(=O)OC)=C1/CC2CCCCC12. The van der Waals surface area contributed by atoms with Gasteiger partial charge in [0, 0.05) is 5.57 Å². The normalized spacial score (nSPS) is 31.1. The Hall–Kier alpha value is -1.05. The van der Waals surface area contributed by atoms with Crippen molar-refractivity contribution in [1.29, 1.82) is 0 Å². The minimum absolute atomic E-state index is 0.154. The molecule has 16 heavy (non-hydrogen) atoms. The van der Waals surface area contributed by atoms with E-state index < -0.39 is 0 Å². The fourth-order valence-corrected chi connectivity index (χ4v) is 3.14. The summed E-state index contributed by atoms with van der Waals surface area (Å²) in [6.07, 6.45) is 8.86. The Bertz CT molecular complexity index is 328. The van der Waals surface area contributed by atoms with Crippen LogP contribution in [-0.4, -0.2) is 13.1 Å². The zero-order valence-corrected chi connectivity index (χ0v) is 10.00. The Balaban J connectivity index is 2.17. The van der Waals surface area contributed by atoms with Gasteiger partial charge in [-0.3, -0.25) is 0 Å². The Morgan fingerprint density at radius 3 is 2.88 bits per heavy atom. The van der Waals surface area contributed by atoms with E-state index in [1.807, 2.05) is 0 Å². The van der Waals surface area contributed by atoms with E-state index >= 15 is 0 Å². The first kappa shape index (κ1) is 11.4. The monoisotopic (exact) mass is 220 g/mol. The molecular formula is C14H20O2. The summed E-state index contributed by atoms with van der Waals surface area (Å²) in [6, 6.07) is 0. The van der Waals surface area contributed by atoms with Crippen molar-refractivity contribution in [3.05, 3.63) is 23.8 Å². The van der Waals surface area contributed by atoms with Crippen LogP contribution in [-0.2, 0) is 9.53 Å². The number of carbonyl (C=O) groups is 1. The number of rotatable bonds is 3. The van der Waals surface area contributed by atoms with Gasteiger partial charge in [-0.05, 0) is 37.5 Å². The molecule has 0 spiro atoms. The number of hydrogen-bond donors (Lipinski definition) is 0. The van der Waals surface area contributed by atoms with Crippen LogP contribution in [0.5, 0.6) is 0 Å².